The van der Waals surface area contributed by atoms with Crippen LogP contribution < -0.4 is 0 Å². The minimum absolute atomic E-state index is 0.209. The van der Waals surface area contributed by atoms with Crippen molar-refractivity contribution in [1.82, 2.24) is 4.90 Å². The highest BCUT2D eigenvalue weighted by atomic mass is 19.1. The Balaban J connectivity index is 3.03. The van der Waals surface area contributed by atoms with E-state index in [-0.39, 0.29) is 11.4 Å². The first-order valence-electron chi connectivity index (χ1n) is 4.90. The highest BCUT2D eigenvalue weighted by Crippen LogP contribution is 2.25. The number of benzene rings is 1. The first kappa shape index (κ1) is 11.6. The molecule has 0 aliphatic carbocycles. The Bertz CT molecular complexity index is 381. The summed E-state index contributed by atoms with van der Waals surface area (Å²) in [5.41, 5.74) is 0.839. The van der Waals surface area contributed by atoms with Crippen LogP contribution in [0.15, 0.2) is 24.3 Å². The fourth-order valence-electron chi connectivity index (χ4n) is 1.36. The van der Waals surface area contributed by atoms with Gasteiger partial charge in [-0.15, -0.1) is 0 Å². The third-order valence-corrected chi connectivity index (χ3v) is 2.67. The number of hydrogen-bond donors (Lipinski definition) is 0. The Morgan fingerprint density at radius 1 is 1.20 bits per heavy atom. The second kappa shape index (κ2) is 4.35. The molecule has 0 unspecified atom stereocenters. The Kier molecular flexibility index (Phi) is 3.36. The second-order valence-electron chi connectivity index (χ2n) is 3.99. The molecule has 0 fully saturated rings. The van der Waals surface area contributed by atoms with Crippen molar-refractivity contribution in [2.75, 3.05) is 7.05 Å². The first-order valence-corrected chi connectivity index (χ1v) is 4.90. The van der Waals surface area contributed by atoms with Crippen molar-refractivity contribution in [3.05, 3.63) is 35.6 Å². The Morgan fingerprint density at radius 2 is 1.73 bits per heavy atom. The SMILES string of the molecule is CC#CN(C)C(C)(C)c1ccc(F)cc1. The lowest BCUT2D eigenvalue weighted by Gasteiger charge is -2.33. The zero-order valence-corrected chi connectivity index (χ0v) is 9.63. The zero-order chi connectivity index (χ0) is 11.5. The molecule has 1 nitrogen and oxygen atoms in total. The van der Waals surface area contributed by atoms with Crippen LogP contribution in [0.25, 0.3) is 0 Å². The molecule has 0 saturated heterocycles. The molecular weight excluding hydrogens is 189 g/mol. The summed E-state index contributed by atoms with van der Waals surface area (Å²) in [7, 11) is 1.93. The molecular formula is C13H16FN. The monoisotopic (exact) mass is 205 g/mol. The molecule has 2 heteroatoms. The van der Waals surface area contributed by atoms with Crippen LogP contribution in [0.2, 0.25) is 0 Å². The molecule has 0 aliphatic rings. The summed E-state index contributed by atoms with van der Waals surface area (Å²) < 4.78 is 12.8. The topological polar surface area (TPSA) is 3.24 Å². The van der Waals surface area contributed by atoms with E-state index in [2.05, 4.69) is 25.8 Å². The summed E-state index contributed by atoms with van der Waals surface area (Å²) in [5.74, 6) is 2.65. The van der Waals surface area contributed by atoms with Gasteiger partial charge in [0.2, 0.25) is 0 Å². The molecule has 1 aromatic carbocycles. The molecule has 0 amide bonds. The minimum Gasteiger partial charge on any atom is -0.326 e. The average Bonchev–Trinajstić information content (AvgIpc) is 2.18. The fraction of sp³-hybridized carbons (Fsp3) is 0.385. The maximum atomic E-state index is 12.8. The van der Waals surface area contributed by atoms with Gasteiger partial charge in [0.25, 0.3) is 0 Å². The summed E-state index contributed by atoms with van der Waals surface area (Å²) in [6.07, 6.45) is 0. The van der Waals surface area contributed by atoms with Crippen molar-refractivity contribution < 1.29 is 4.39 Å². The van der Waals surface area contributed by atoms with E-state index in [1.807, 2.05) is 11.9 Å². The first-order chi connectivity index (χ1) is 6.98. The number of halogens is 1. The van der Waals surface area contributed by atoms with E-state index in [9.17, 15) is 4.39 Å². The molecule has 0 radical (unpaired) electrons. The summed E-state index contributed by atoms with van der Waals surface area (Å²) >= 11 is 0. The van der Waals surface area contributed by atoms with E-state index in [1.54, 1.807) is 19.1 Å². The van der Waals surface area contributed by atoms with Crippen molar-refractivity contribution in [1.29, 1.82) is 0 Å². The van der Waals surface area contributed by atoms with Gasteiger partial charge in [-0.1, -0.05) is 18.1 Å². The summed E-state index contributed by atoms with van der Waals surface area (Å²) in [5, 5.41) is 0. The standard InChI is InChI=1S/C13H16FN/c1-5-10-15(4)13(2,3)11-6-8-12(14)9-7-11/h6-9H,1-4H3. The van der Waals surface area contributed by atoms with Crippen LogP contribution in [0.5, 0.6) is 0 Å². The van der Waals surface area contributed by atoms with Gasteiger partial charge >= 0.3 is 0 Å². The molecule has 0 heterocycles. The van der Waals surface area contributed by atoms with Gasteiger partial charge in [-0.3, -0.25) is 0 Å². The van der Waals surface area contributed by atoms with Gasteiger partial charge in [0.15, 0.2) is 0 Å². The van der Waals surface area contributed by atoms with Crippen LogP contribution in [-0.4, -0.2) is 11.9 Å². The predicted molar refractivity (Wildman–Crippen MR) is 60.6 cm³/mol. The lowest BCUT2D eigenvalue weighted by Crippen LogP contribution is -2.34. The van der Waals surface area contributed by atoms with Gasteiger partial charge in [0, 0.05) is 13.1 Å². The lowest BCUT2D eigenvalue weighted by atomic mass is 9.93. The molecule has 0 bridgehead atoms. The molecule has 0 spiro atoms. The minimum atomic E-state index is -0.212. The third kappa shape index (κ3) is 2.50. The Labute approximate surface area is 90.9 Å². The van der Waals surface area contributed by atoms with Crippen molar-refractivity contribution in [3.63, 3.8) is 0 Å². The van der Waals surface area contributed by atoms with Crippen LogP contribution in [0.1, 0.15) is 26.3 Å². The second-order valence-corrected chi connectivity index (χ2v) is 3.99. The number of hydrogen-bond acceptors (Lipinski definition) is 1. The zero-order valence-electron chi connectivity index (χ0n) is 9.63. The van der Waals surface area contributed by atoms with Gasteiger partial charge in [-0.25, -0.2) is 4.39 Å². The van der Waals surface area contributed by atoms with E-state index in [0.29, 0.717) is 0 Å². The number of nitrogens with zero attached hydrogens (tertiary/aromatic N) is 1. The van der Waals surface area contributed by atoms with Crippen molar-refractivity contribution >= 4 is 0 Å². The predicted octanol–water partition coefficient (Wildman–Crippen LogP) is 2.97. The van der Waals surface area contributed by atoms with Crippen LogP contribution in [-0.2, 0) is 5.54 Å². The summed E-state index contributed by atoms with van der Waals surface area (Å²) in [6.45, 7) is 5.92. The van der Waals surface area contributed by atoms with Crippen molar-refractivity contribution in [2.24, 2.45) is 0 Å². The van der Waals surface area contributed by atoms with Gasteiger partial charge in [0.1, 0.15) is 5.82 Å². The third-order valence-electron chi connectivity index (χ3n) is 2.67. The fourth-order valence-corrected chi connectivity index (χ4v) is 1.36. The smallest absolute Gasteiger partial charge is 0.123 e. The molecule has 15 heavy (non-hydrogen) atoms. The summed E-state index contributed by atoms with van der Waals surface area (Å²) in [4.78, 5) is 1.93. The molecule has 0 aliphatic heterocycles. The average molecular weight is 205 g/mol. The highest BCUT2D eigenvalue weighted by molar-refractivity contribution is 5.25. The van der Waals surface area contributed by atoms with Crippen molar-refractivity contribution in [3.8, 4) is 12.0 Å². The van der Waals surface area contributed by atoms with Crippen LogP contribution in [0.4, 0.5) is 4.39 Å². The Morgan fingerprint density at radius 3 is 2.20 bits per heavy atom. The summed E-state index contributed by atoms with van der Waals surface area (Å²) in [6, 6.07) is 9.53. The van der Waals surface area contributed by atoms with Crippen LogP contribution >= 0.6 is 0 Å². The normalized spacial score (nSPS) is 10.5. The van der Waals surface area contributed by atoms with E-state index in [4.69, 9.17) is 0 Å². The van der Waals surface area contributed by atoms with Gasteiger partial charge in [-0.05, 0) is 38.5 Å². The van der Waals surface area contributed by atoms with E-state index in [1.165, 1.54) is 12.1 Å². The number of rotatable bonds is 2. The maximum Gasteiger partial charge on any atom is 0.123 e. The van der Waals surface area contributed by atoms with Crippen LogP contribution in [0.3, 0.4) is 0 Å². The molecule has 0 N–H and O–H groups in total. The molecule has 0 saturated carbocycles. The van der Waals surface area contributed by atoms with E-state index in [0.717, 1.165) is 5.56 Å². The molecule has 0 aromatic heterocycles. The van der Waals surface area contributed by atoms with E-state index < -0.39 is 0 Å². The van der Waals surface area contributed by atoms with Gasteiger partial charge < -0.3 is 4.90 Å². The van der Waals surface area contributed by atoms with Crippen LogP contribution in [0, 0.1) is 17.8 Å². The molecule has 1 rings (SSSR count). The quantitative estimate of drug-likeness (QED) is 0.530. The van der Waals surface area contributed by atoms with Gasteiger partial charge in [-0.2, -0.15) is 0 Å². The molecule has 80 valence electrons. The molecule has 1 aromatic rings. The maximum absolute atomic E-state index is 12.8. The Hall–Kier alpha value is -1.49. The lowest BCUT2D eigenvalue weighted by molar-refractivity contribution is 0.243. The van der Waals surface area contributed by atoms with Gasteiger partial charge in [0.05, 0.1) is 5.54 Å². The molecule has 0 atom stereocenters. The van der Waals surface area contributed by atoms with E-state index >= 15 is 0 Å². The van der Waals surface area contributed by atoms with Crippen molar-refractivity contribution in [2.45, 2.75) is 26.3 Å². The largest absolute Gasteiger partial charge is 0.326 e. The highest BCUT2D eigenvalue weighted by Gasteiger charge is 2.23.